The van der Waals surface area contributed by atoms with Crippen LogP contribution in [-0.2, 0) is 11.8 Å². The van der Waals surface area contributed by atoms with Crippen molar-refractivity contribution < 1.29 is 9.53 Å². The van der Waals surface area contributed by atoms with E-state index in [4.69, 9.17) is 4.74 Å². The maximum Gasteiger partial charge on any atom is 0.320 e. The fraction of sp³-hybridized carbons (Fsp3) is 0.667. The molecule has 0 radical (unpaired) electrons. The van der Waals surface area contributed by atoms with Crippen molar-refractivity contribution in [1.82, 2.24) is 20.0 Å². The Labute approximate surface area is 112 Å². The van der Waals surface area contributed by atoms with Gasteiger partial charge in [-0.1, -0.05) is 0 Å². The zero-order valence-corrected chi connectivity index (χ0v) is 11.5. The zero-order valence-electron chi connectivity index (χ0n) is 11.5. The lowest BCUT2D eigenvalue weighted by Crippen LogP contribution is -2.42. The van der Waals surface area contributed by atoms with Crippen molar-refractivity contribution in [1.29, 1.82) is 0 Å². The summed E-state index contributed by atoms with van der Waals surface area (Å²) in [5.41, 5.74) is 1.00. The number of hydrogen-bond donors (Lipinski definition) is 2. The largest absolute Gasteiger partial charge is 0.379 e. The Morgan fingerprint density at radius 1 is 1.47 bits per heavy atom. The van der Waals surface area contributed by atoms with Gasteiger partial charge < -0.3 is 10.1 Å². The van der Waals surface area contributed by atoms with Gasteiger partial charge in [-0.3, -0.25) is 14.9 Å². The first-order valence-corrected chi connectivity index (χ1v) is 6.51. The summed E-state index contributed by atoms with van der Waals surface area (Å²) in [5.74, 6) is 0.573. The Morgan fingerprint density at radius 2 is 2.21 bits per heavy atom. The summed E-state index contributed by atoms with van der Waals surface area (Å²) in [6, 6.07) is 1.62. The molecule has 1 saturated heterocycles. The Bertz CT molecular complexity index is 406. The number of nitrogens with one attached hydrogen (secondary N) is 2. The number of morpholine rings is 1. The maximum atomic E-state index is 11.7. The molecule has 2 N–H and O–H groups in total. The third-order valence-electron chi connectivity index (χ3n) is 3.17. The van der Waals surface area contributed by atoms with Crippen LogP contribution in [-0.4, -0.2) is 60.1 Å². The minimum atomic E-state index is -0.216. The van der Waals surface area contributed by atoms with Crippen LogP contribution < -0.4 is 10.6 Å². The lowest BCUT2D eigenvalue weighted by Gasteiger charge is -2.26. The summed E-state index contributed by atoms with van der Waals surface area (Å²) in [6.07, 6.45) is 0. The highest BCUT2D eigenvalue weighted by Crippen LogP contribution is 2.06. The van der Waals surface area contributed by atoms with E-state index in [-0.39, 0.29) is 6.03 Å². The van der Waals surface area contributed by atoms with E-state index < -0.39 is 0 Å². The van der Waals surface area contributed by atoms with Crippen LogP contribution in [0, 0.1) is 6.92 Å². The number of nitrogens with zero attached hydrogens (tertiary/aromatic N) is 3. The first-order chi connectivity index (χ1) is 9.15. The number of rotatable bonds is 4. The van der Waals surface area contributed by atoms with Gasteiger partial charge in [0.05, 0.1) is 13.2 Å². The number of ether oxygens (including phenoxy) is 1. The SMILES string of the molecule is Cc1cc(NC(=O)NCCN2CCOCC2)nn1C. The first kappa shape index (κ1) is 13.8. The molecule has 0 saturated carbocycles. The van der Waals surface area contributed by atoms with E-state index in [0.29, 0.717) is 12.4 Å². The van der Waals surface area contributed by atoms with E-state index in [9.17, 15) is 4.79 Å². The Kier molecular flexibility index (Phi) is 4.75. The van der Waals surface area contributed by atoms with Gasteiger partial charge in [0, 0.05) is 45.0 Å². The molecule has 0 bridgehead atoms. The summed E-state index contributed by atoms with van der Waals surface area (Å²) in [5, 5.41) is 9.71. The average molecular weight is 267 g/mol. The van der Waals surface area contributed by atoms with Gasteiger partial charge >= 0.3 is 6.03 Å². The van der Waals surface area contributed by atoms with Gasteiger partial charge in [-0.2, -0.15) is 5.10 Å². The van der Waals surface area contributed by atoms with Crippen LogP contribution in [0.3, 0.4) is 0 Å². The normalized spacial score (nSPS) is 16.3. The van der Waals surface area contributed by atoms with E-state index >= 15 is 0 Å². The van der Waals surface area contributed by atoms with Crippen molar-refractivity contribution in [2.75, 3.05) is 44.7 Å². The maximum absolute atomic E-state index is 11.7. The smallest absolute Gasteiger partial charge is 0.320 e. The lowest BCUT2D eigenvalue weighted by atomic mass is 10.4. The van der Waals surface area contributed by atoms with Crippen molar-refractivity contribution in [2.24, 2.45) is 7.05 Å². The molecule has 2 heterocycles. The predicted octanol–water partition coefficient (Wildman–Crippen LogP) is 0.182. The Hall–Kier alpha value is -1.60. The van der Waals surface area contributed by atoms with E-state index in [1.54, 1.807) is 4.68 Å². The minimum absolute atomic E-state index is 0.216. The van der Waals surface area contributed by atoms with Crippen molar-refractivity contribution in [2.45, 2.75) is 6.92 Å². The van der Waals surface area contributed by atoms with Crippen molar-refractivity contribution in [3.05, 3.63) is 11.8 Å². The molecule has 7 heteroatoms. The molecule has 1 aromatic heterocycles. The molecule has 0 aromatic carbocycles. The molecule has 1 fully saturated rings. The predicted molar refractivity (Wildman–Crippen MR) is 72.2 cm³/mol. The van der Waals surface area contributed by atoms with Gasteiger partial charge in [0.2, 0.25) is 0 Å². The van der Waals surface area contributed by atoms with Crippen LogP contribution in [0.15, 0.2) is 6.07 Å². The van der Waals surface area contributed by atoms with Crippen molar-refractivity contribution in [3.8, 4) is 0 Å². The molecule has 0 unspecified atom stereocenters. The number of amides is 2. The van der Waals surface area contributed by atoms with Crippen LogP contribution in [0.5, 0.6) is 0 Å². The van der Waals surface area contributed by atoms with Gasteiger partial charge in [-0.25, -0.2) is 4.79 Å². The molecule has 1 aromatic rings. The topological polar surface area (TPSA) is 71.4 Å². The number of aromatic nitrogens is 2. The van der Waals surface area contributed by atoms with E-state index in [2.05, 4.69) is 20.6 Å². The van der Waals surface area contributed by atoms with E-state index in [0.717, 1.165) is 38.5 Å². The molecule has 2 rings (SSSR count). The van der Waals surface area contributed by atoms with Gasteiger partial charge in [-0.15, -0.1) is 0 Å². The van der Waals surface area contributed by atoms with Crippen molar-refractivity contribution >= 4 is 11.8 Å². The molecule has 0 spiro atoms. The minimum Gasteiger partial charge on any atom is -0.379 e. The number of urea groups is 1. The summed E-state index contributed by atoms with van der Waals surface area (Å²) >= 11 is 0. The van der Waals surface area contributed by atoms with Gasteiger partial charge in [0.15, 0.2) is 5.82 Å². The number of aryl methyl sites for hydroxylation is 2. The van der Waals surface area contributed by atoms with Crippen LogP contribution in [0.2, 0.25) is 0 Å². The summed E-state index contributed by atoms with van der Waals surface area (Å²) in [4.78, 5) is 13.9. The molecule has 1 aliphatic rings. The summed E-state index contributed by atoms with van der Waals surface area (Å²) < 4.78 is 6.99. The fourth-order valence-electron chi connectivity index (χ4n) is 1.93. The van der Waals surface area contributed by atoms with Crippen LogP contribution in [0.25, 0.3) is 0 Å². The molecular formula is C12H21N5O2. The standard InChI is InChI=1S/C12H21N5O2/c1-10-9-11(15-16(10)2)14-12(18)13-3-4-17-5-7-19-8-6-17/h9H,3-8H2,1-2H3,(H2,13,14,15,18). The van der Waals surface area contributed by atoms with Gasteiger partial charge in [0.25, 0.3) is 0 Å². The Morgan fingerprint density at radius 3 is 2.84 bits per heavy atom. The first-order valence-electron chi connectivity index (χ1n) is 6.51. The highest BCUT2D eigenvalue weighted by atomic mass is 16.5. The third kappa shape index (κ3) is 4.22. The number of anilines is 1. The van der Waals surface area contributed by atoms with Gasteiger partial charge in [0.1, 0.15) is 0 Å². The van der Waals surface area contributed by atoms with Crippen LogP contribution in [0.1, 0.15) is 5.69 Å². The molecule has 0 atom stereocenters. The molecule has 1 aliphatic heterocycles. The molecule has 7 nitrogen and oxygen atoms in total. The van der Waals surface area contributed by atoms with Crippen molar-refractivity contribution in [3.63, 3.8) is 0 Å². The summed E-state index contributed by atoms with van der Waals surface area (Å²) in [7, 11) is 1.84. The third-order valence-corrected chi connectivity index (χ3v) is 3.17. The molecular weight excluding hydrogens is 246 g/mol. The lowest BCUT2D eigenvalue weighted by molar-refractivity contribution is 0.0388. The second-order valence-corrected chi connectivity index (χ2v) is 4.63. The molecule has 19 heavy (non-hydrogen) atoms. The summed E-state index contributed by atoms with van der Waals surface area (Å²) in [6.45, 7) is 6.83. The zero-order chi connectivity index (χ0) is 13.7. The molecule has 106 valence electrons. The van der Waals surface area contributed by atoms with Crippen LogP contribution in [0.4, 0.5) is 10.6 Å². The fourth-order valence-corrected chi connectivity index (χ4v) is 1.93. The Balaban J connectivity index is 1.66. The monoisotopic (exact) mass is 267 g/mol. The van der Waals surface area contributed by atoms with Crippen LogP contribution >= 0.6 is 0 Å². The van der Waals surface area contributed by atoms with E-state index in [1.165, 1.54) is 0 Å². The van der Waals surface area contributed by atoms with E-state index in [1.807, 2.05) is 20.0 Å². The molecule has 2 amide bonds. The number of hydrogen-bond acceptors (Lipinski definition) is 4. The average Bonchev–Trinajstić information content (AvgIpc) is 2.69. The quantitative estimate of drug-likeness (QED) is 0.816. The molecule has 0 aliphatic carbocycles. The number of carbonyl (C=O) groups excluding carboxylic acids is 1. The highest BCUT2D eigenvalue weighted by molar-refractivity contribution is 5.88. The van der Waals surface area contributed by atoms with Gasteiger partial charge in [-0.05, 0) is 6.92 Å². The highest BCUT2D eigenvalue weighted by Gasteiger charge is 2.10. The second kappa shape index (κ2) is 6.53. The number of carbonyl (C=O) groups is 1. The second-order valence-electron chi connectivity index (χ2n) is 4.63.